The molecule has 0 radical (unpaired) electrons. The van der Waals surface area contributed by atoms with Gasteiger partial charge in [0.2, 0.25) is 0 Å². The van der Waals surface area contributed by atoms with Gasteiger partial charge in [-0.3, -0.25) is 6.08 Å². The normalized spacial score (nSPS) is 8.05. The minimum absolute atomic E-state index is 0. The van der Waals surface area contributed by atoms with Crippen LogP contribution in [0, 0.1) is 34.6 Å². The van der Waals surface area contributed by atoms with Crippen LogP contribution in [0.1, 0.15) is 20.3 Å². The smallest absolute Gasteiger partial charge is 0.108 e. The van der Waals surface area contributed by atoms with Crippen LogP contribution in [0.3, 0.4) is 0 Å². The van der Waals surface area contributed by atoms with Crippen LogP contribution in [0.5, 0.6) is 0 Å². The molecule has 0 atom stereocenters. The largest absolute Gasteiger partial charge is 0.484 e. The van der Waals surface area contributed by atoms with Crippen LogP contribution in [-0.2, 0) is 20.0 Å². The first-order chi connectivity index (χ1) is 6.73. The van der Waals surface area contributed by atoms with Gasteiger partial charge in [0.1, 0.15) is 0 Å². The third-order valence-corrected chi connectivity index (χ3v) is 1.03. The molecule has 19 heavy (non-hydrogen) atoms. The predicted octanol–water partition coefficient (Wildman–Crippen LogP) is 5.06. The molecule has 1 aromatic heterocycles. The van der Waals surface area contributed by atoms with E-state index in [4.69, 9.17) is 0 Å². The first kappa shape index (κ1) is 36.4. The van der Waals surface area contributed by atoms with E-state index in [1.807, 2.05) is 30.5 Å². The second kappa shape index (κ2) is 30.7. The number of nitrogens with one attached hydrogen (secondary N) is 1. The molecule has 1 aliphatic rings. The number of allylic oxidation sites excluding steroid dienone is 4. The first-order valence-corrected chi connectivity index (χ1v) is 5.24. The number of H-pyrrole nitrogens is 1. The van der Waals surface area contributed by atoms with Gasteiger partial charge in [-0.15, -0.1) is 37.4 Å². The molecule has 1 nitrogen and oxygen atoms in total. The molecule has 1 aliphatic carbocycles. The number of aromatic amines is 1. The second-order valence-electron chi connectivity index (χ2n) is 2.82. The number of aromatic nitrogens is 1. The van der Waals surface area contributed by atoms with Gasteiger partial charge in [-0.05, 0) is 0 Å². The maximum atomic E-state index is 2.99. The van der Waals surface area contributed by atoms with Crippen LogP contribution in [0.2, 0.25) is 0 Å². The molecular weight excluding hydrogens is 313 g/mol. The molecule has 0 bridgehead atoms. The molecule has 1 heterocycles. The molecule has 1 N–H and O–H groups in total. The third-order valence-electron chi connectivity index (χ3n) is 1.03. The quantitative estimate of drug-likeness (QED) is 0.502. The van der Waals surface area contributed by atoms with Crippen molar-refractivity contribution in [2.45, 2.75) is 20.3 Å². The molecule has 114 valence electrons. The van der Waals surface area contributed by atoms with Crippen LogP contribution < -0.4 is 0 Å². The molecule has 0 aliphatic heterocycles. The van der Waals surface area contributed by atoms with Gasteiger partial charge in [0.05, 0.1) is 0 Å². The van der Waals surface area contributed by atoms with Gasteiger partial charge in [0.25, 0.3) is 0 Å². The van der Waals surface area contributed by atoms with Gasteiger partial charge in [-0.1, -0.05) is 0 Å². The van der Waals surface area contributed by atoms with E-state index < -0.39 is 0 Å². The Morgan fingerprint density at radius 2 is 1.68 bits per heavy atom. The van der Waals surface area contributed by atoms with Crippen molar-refractivity contribution in [1.29, 1.82) is 0 Å². The van der Waals surface area contributed by atoms with Crippen molar-refractivity contribution in [3.05, 3.63) is 71.1 Å². The summed E-state index contributed by atoms with van der Waals surface area (Å²) in [6.45, 7) is 4.17. The first-order valence-electron chi connectivity index (χ1n) is 4.46. The Bertz CT molecular complexity index is 249. The van der Waals surface area contributed by atoms with E-state index >= 15 is 0 Å². The van der Waals surface area contributed by atoms with Crippen LogP contribution in [0.25, 0.3) is 0 Å². The van der Waals surface area contributed by atoms with Crippen molar-refractivity contribution in [3.63, 3.8) is 0 Å². The molecule has 0 aromatic carbocycles. The SMILES string of the molecule is C[C](C)=[Ti].Cl.Cl.[C-]1=CC=CC1.[CH3-].[CH3-].[CH3-].[c-]1ccc[nH]1. The second-order valence-corrected chi connectivity index (χ2v) is 4.38. The molecule has 1 aromatic rings. The van der Waals surface area contributed by atoms with Gasteiger partial charge >= 0.3 is 37.6 Å². The van der Waals surface area contributed by atoms with E-state index in [1.165, 1.54) is 3.81 Å². The summed E-state index contributed by atoms with van der Waals surface area (Å²) in [5.74, 6) is 0. The number of hydrogen-bond acceptors (Lipinski definition) is 0. The molecule has 0 saturated heterocycles. The maximum Gasteiger partial charge on any atom is -0.108 e. The maximum absolute atomic E-state index is 2.99. The molecule has 0 unspecified atom stereocenters. The summed E-state index contributed by atoms with van der Waals surface area (Å²) >= 11 is 2.08. The minimum atomic E-state index is 0. The zero-order chi connectivity index (χ0) is 10.6. The monoisotopic (exact) mass is 338 g/mol. The van der Waals surface area contributed by atoms with Gasteiger partial charge in [0, 0.05) is 0 Å². The number of hydrogen-bond donors (Lipinski definition) is 1. The molecule has 0 amide bonds. The molecule has 2 rings (SSSR count). The Labute approximate surface area is 144 Å². The van der Waals surface area contributed by atoms with E-state index in [-0.39, 0.29) is 47.1 Å². The van der Waals surface area contributed by atoms with Crippen molar-refractivity contribution in [2.24, 2.45) is 0 Å². The van der Waals surface area contributed by atoms with Crippen LogP contribution in [0.4, 0.5) is 0 Å². The van der Waals surface area contributed by atoms with Crippen LogP contribution in [-0.4, -0.2) is 8.80 Å². The van der Waals surface area contributed by atoms with Crippen molar-refractivity contribution in [2.75, 3.05) is 0 Å². The third kappa shape index (κ3) is 46.1. The topological polar surface area (TPSA) is 15.8 Å². The van der Waals surface area contributed by atoms with Gasteiger partial charge in [-0.25, -0.2) is 12.2 Å². The minimum Gasteiger partial charge on any atom is -0.484 e. The Kier molecular flexibility index (Phi) is 58.9. The van der Waals surface area contributed by atoms with Crippen molar-refractivity contribution in [3.8, 4) is 0 Å². The fourth-order valence-corrected chi connectivity index (χ4v) is 0.581. The molecule has 0 spiro atoms. The van der Waals surface area contributed by atoms with Gasteiger partial charge in [-0.2, -0.15) is 24.4 Å². The summed E-state index contributed by atoms with van der Waals surface area (Å²) in [7, 11) is 0. The Morgan fingerprint density at radius 3 is 1.79 bits per heavy atom. The standard InChI is InChI=1S/C5H5.C4H4N.C3H6.3CH3.2ClH.Ti/c2*1-2-4-5-3-1;1-3-2;;;;;;/h1-3H,4H2;1-3,5H;1-2H3;3*1H3;2*1H;/q2*-1;;3*-1;;;. The van der Waals surface area contributed by atoms with Crippen molar-refractivity contribution in [1.82, 2.24) is 4.98 Å². The van der Waals surface area contributed by atoms with E-state index in [2.05, 4.69) is 57.2 Å². The number of rotatable bonds is 0. The molecule has 0 fully saturated rings. The Balaban J connectivity index is -0.0000000297. The summed E-state index contributed by atoms with van der Waals surface area (Å²) in [4.78, 5) is 2.74. The van der Waals surface area contributed by atoms with Crippen molar-refractivity contribution >= 4 is 28.6 Å². The van der Waals surface area contributed by atoms with E-state index in [1.54, 1.807) is 0 Å². The summed E-state index contributed by atoms with van der Waals surface area (Å²) in [6.07, 6.45) is 14.6. The molecular formula is C15H26Cl2NTi-5. The van der Waals surface area contributed by atoms with E-state index in [0.717, 1.165) is 6.42 Å². The predicted molar refractivity (Wildman–Crippen MR) is 91.3 cm³/mol. The summed E-state index contributed by atoms with van der Waals surface area (Å²) in [6, 6.07) is 3.71. The van der Waals surface area contributed by atoms with E-state index in [0.29, 0.717) is 0 Å². The summed E-state index contributed by atoms with van der Waals surface area (Å²) in [5, 5.41) is 0. The summed E-state index contributed by atoms with van der Waals surface area (Å²) in [5.41, 5.74) is 0. The van der Waals surface area contributed by atoms with E-state index in [9.17, 15) is 0 Å². The van der Waals surface area contributed by atoms with Gasteiger partial charge < -0.3 is 27.3 Å². The van der Waals surface area contributed by atoms with Crippen LogP contribution >= 0.6 is 24.8 Å². The average Bonchev–Trinajstić information content (AvgIpc) is 2.83. The number of halogens is 2. The Hall–Kier alpha value is -0.0757. The van der Waals surface area contributed by atoms with Crippen LogP contribution in [0.15, 0.2) is 36.6 Å². The fraction of sp³-hybridized carbons (Fsp3) is 0.200. The van der Waals surface area contributed by atoms with Crippen molar-refractivity contribution < 1.29 is 20.0 Å². The molecule has 0 saturated carbocycles. The zero-order valence-electron chi connectivity index (χ0n) is 12.5. The zero-order valence-corrected chi connectivity index (χ0v) is 15.7. The summed E-state index contributed by atoms with van der Waals surface area (Å²) < 4.78 is 1.42. The fourth-order valence-electron chi connectivity index (χ4n) is 0.581. The average molecular weight is 339 g/mol. The van der Waals surface area contributed by atoms with Gasteiger partial charge in [0.15, 0.2) is 0 Å². The molecule has 4 heteroatoms. The Morgan fingerprint density at radius 1 is 1.16 bits per heavy atom.